The Bertz CT molecular complexity index is 312. The van der Waals surface area contributed by atoms with Crippen LogP contribution in [0.2, 0.25) is 0 Å². The minimum atomic E-state index is 0.536. The summed E-state index contributed by atoms with van der Waals surface area (Å²) in [6.45, 7) is 3.72. The SMILES string of the molecule is C=CCCc1nnnn1C1CCCCC1. The summed E-state index contributed by atoms with van der Waals surface area (Å²) in [6, 6.07) is 0.536. The Morgan fingerprint density at radius 2 is 2.13 bits per heavy atom. The van der Waals surface area contributed by atoms with Gasteiger partial charge in [-0.05, 0) is 29.7 Å². The molecule has 15 heavy (non-hydrogen) atoms. The molecule has 0 amide bonds. The summed E-state index contributed by atoms with van der Waals surface area (Å²) in [5.74, 6) is 1.02. The van der Waals surface area contributed by atoms with Crippen molar-refractivity contribution in [3.05, 3.63) is 18.5 Å². The van der Waals surface area contributed by atoms with Crippen LogP contribution in [0.5, 0.6) is 0 Å². The highest BCUT2D eigenvalue weighted by Crippen LogP contribution is 2.27. The van der Waals surface area contributed by atoms with Crippen molar-refractivity contribution >= 4 is 0 Å². The second-order valence-electron chi connectivity index (χ2n) is 4.16. The van der Waals surface area contributed by atoms with Crippen LogP contribution in [-0.2, 0) is 6.42 Å². The van der Waals surface area contributed by atoms with Crippen LogP contribution >= 0.6 is 0 Å². The molecule has 1 fully saturated rings. The maximum atomic E-state index is 4.11. The molecule has 0 saturated heterocycles. The van der Waals surface area contributed by atoms with Crippen LogP contribution in [0.1, 0.15) is 50.4 Å². The van der Waals surface area contributed by atoms with Gasteiger partial charge in [-0.2, -0.15) is 0 Å². The third-order valence-corrected chi connectivity index (χ3v) is 3.05. The lowest BCUT2D eigenvalue weighted by Crippen LogP contribution is -2.17. The van der Waals surface area contributed by atoms with Crippen molar-refractivity contribution in [1.82, 2.24) is 20.2 Å². The summed E-state index contributed by atoms with van der Waals surface area (Å²) in [5, 5.41) is 12.0. The number of nitrogens with zero attached hydrogens (tertiary/aromatic N) is 4. The van der Waals surface area contributed by atoms with Crippen molar-refractivity contribution in [2.24, 2.45) is 0 Å². The lowest BCUT2D eigenvalue weighted by molar-refractivity contribution is 0.317. The van der Waals surface area contributed by atoms with Gasteiger partial charge in [0.1, 0.15) is 0 Å². The molecule has 0 spiro atoms. The number of allylic oxidation sites excluding steroid dienone is 1. The highest BCUT2D eigenvalue weighted by molar-refractivity contribution is 4.88. The molecule has 2 rings (SSSR count). The molecule has 1 aromatic heterocycles. The largest absolute Gasteiger partial charge is 0.227 e. The van der Waals surface area contributed by atoms with Gasteiger partial charge in [0.05, 0.1) is 6.04 Å². The molecule has 82 valence electrons. The summed E-state index contributed by atoms with van der Waals surface area (Å²) in [7, 11) is 0. The quantitative estimate of drug-likeness (QED) is 0.710. The van der Waals surface area contributed by atoms with Crippen LogP contribution in [0.3, 0.4) is 0 Å². The van der Waals surface area contributed by atoms with E-state index in [1.54, 1.807) is 0 Å². The van der Waals surface area contributed by atoms with E-state index in [1.807, 2.05) is 10.8 Å². The van der Waals surface area contributed by atoms with Gasteiger partial charge in [0.2, 0.25) is 0 Å². The number of rotatable bonds is 4. The number of tetrazole rings is 1. The lowest BCUT2D eigenvalue weighted by atomic mass is 9.95. The molecule has 0 aliphatic heterocycles. The Morgan fingerprint density at radius 3 is 2.87 bits per heavy atom. The minimum absolute atomic E-state index is 0.536. The van der Waals surface area contributed by atoms with E-state index in [0.717, 1.165) is 18.7 Å². The molecule has 1 aliphatic rings. The van der Waals surface area contributed by atoms with E-state index in [0.29, 0.717) is 6.04 Å². The van der Waals surface area contributed by atoms with E-state index in [2.05, 4.69) is 22.1 Å². The summed E-state index contributed by atoms with van der Waals surface area (Å²) in [6.07, 6.45) is 10.2. The molecule has 0 unspecified atom stereocenters. The van der Waals surface area contributed by atoms with Gasteiger partial charge < -0.3 is 0 Å². The van der Waals surface area contributed by atoms with Crippen LogP contribution in [0.25, 0.3) is 0 Å². The Balaban J connectivity index is 2.05. The van der Waals surface area contributed by atoms with Crippen molar-refractivity contribution in [1.29, 1.82) is 0 Å². The van der Waals surface area contributed by atoms with Crippen LogP contribution in [-0.4, -0.2) is 20.2 Å². The first kappa shape index (κ1) is 10.3. The highest BCUT2D eigenvalue weighted by atomic mass is 15.5. The van der Waals surface area contributed by atoms with Crippen molar-refractivity contribution in [3.63, 3.8) is 0 Å². The Labute approximate surface area is 90.4 Å². The normalized spacial score (nSPS) is 17.9. The Kier molecular flexibility index (Phi) is 3.48. The van der Waals surface area contributed by atoms with Gasteiger partial charge in [-0.1, -0.05) is 25.3 Å². The predicted octanol–water partition coefficient (Wildman–Crippen LogP) is 2.30. The molecule has 0 N–H and O–H groups in total. The summed E-state index contributed by atoms with van der Waals surface area (Å²) >= 11 is 0. The van der Waals surface area contributed by atoms with Crippen LogP contribution < -0.4 is 0 Å². The first-order valence-corrected chi connectivity index (χ1v) is 5.79. The van der Waals surface area contributed by atoms with Crippen LogP contribution in [0.4, 0.5) is 0 Å². The third-order valence-electron chi connectivity index (χ3n) is 3.05. The molecule has 0 bridgehead atoms. The first-order chi connectivity index (χ1) is 7.42. The zero-order valence-corrected chi connectivity index (χ0v) is 9.10. The topological polar surface area (TPSA) is 43.6 Å². The molecule has 4 heteroatoms. The average molecular weight is 206 g/mol. The van der Waals surface area contributed by atoms with E-state index in [4.69, 9.17) is 0 Å². The maximum absolute atomic E-state index is 4.11. The number of hydrogen-bond acceptors (Lipinski definition) is 3. The van der Waals surface area contributed by atoms with Crippen LogP contribution in [0, 0.1) is 0 Å². The number of aryl methyl sites for hydroxylation is 1. The van der Waals surface area contributed by atoms with Crippen molar-refractivity contribution in [2.75, 3.05) is 0 Å². The molecular weight excluding hydrogens is 188 g/mol. The third kappa shape index (κ3) is 2.43. The van der Waals surface area contributed by atoms with E-state index in [-0.39, 0.29) is 0 Å². The standard InChI is InChI=1S/C11H18N4/c1-2-3-9-11-12-13-14-15(11)10-7-5-4-6-8-10/h2,10H,1,3-9H2. The first-order valence-electron chi connectivity index (χ1n) is 5.79. The monoisotopic (exact) mass is 206 g/mol. The molecule has 1 saturated carbocycles. The molecule has 4 nitrogen and oxygen atoms in total. The fourth-order valence-electron chi connectivity index (χ4n) is 2.22. The Hall–Kier alpha value is -1.19. The second kappa shape index (κ2) is 5.05. The smallest absolute Gasteiger partial charge is 0.151 e. The Morgan fingerprint density at radius 1 is 1.33 bits per heavy atom. The second-order valence-corrected chi connectivity index (χ2v) is 4.16. The van der Waals surface area contributed by atoms with Gasteiger partial charge in [-0.15, -0.1) is 11.7 Å². The average Bonchev–Trinajstić information content (AvgIpc) is 2.75. The van der Waals surface area contributed by atoms with Crippen molar-refractivity contribution < 1.29 is 0 Å². The van der Waals surface area contributed by atoms with Gasteiger partial charge in [-0.3, -0.25) is 0 Å². The summed E-state index contributed by atoms with van der Waals surface area (Å²) in [4.78, 5) is 0. The van der Waals surface area contributed by atoms with E-state index < -0.39 is 0 Å². The van der Waals surface area contributed by atoms with Gasteiger partial charge in [0.25, 0.3) is 0 Å². The predicted molar refractivity (Wildman–Crippen MR) is 58.5 cm³/mol. The van der Waals surface area contributed by atoms with E-state index >= 15 is 0 Å². The van der Waals surface area contributed by atoms with Crippen molar-refractivity contribution in [2.45, 2.75) is 51.0 Å². The molecular formula is C11H18N4. The zero-order valence-electron chi connectivity index (χ0n) is 9.10. The van der Waals surface area contributed by atoms with Gasteiger partial charge in [0.15, 0.2) is 5.82 Å². The highest BCUT2D eigenvalue weighted by Gasteiger charge is 2.19. The van der Waals surface area contributed by atoms with E-state index in [9.17, 15) is 0 Å². The molecule has 1 aromatic rings. The van der Waals surface area contributed by atoms with Crippen LogP contribution in [0.15, 0.2) is 12.7 Å². The molecule has 0 atom stereocenters. The van der Waals surface area contributed by atoms with E-state index in [1.165, 1.54) is 32.1 Å². The van der Waals surface area contributed by atoms with Gasteiger partial charge >= 0.3 is 0 Å². The summed E-state index contributed by atoms with van der Waals surface area (Å²) in [5.41, 5.74) is 0. The molecule has 1 aliphatic carbocycles. The molecule has 1 heterocycles. The molecule has 0 radical (unpaired) electrons. The number of hydrogen-bond donors (Lipinski definition) is 0. The fraction of sp³-hybridized carbons (Fsp3) is 0.727. The fourth-order valence-corrected chi connectivity index (χ4v) is 2.22. The number of aromatic nitrogens is 4. The van der Waals surface area contributed by atoms with Gasteiger partial charge in [-0.25, -0.2) is 4.68 Å². The minimum Gasteiger partial charge on any atom is -0.227 e. The van der Waals surface area contributed by atoms with Gasteiger partial charge in [0, 0.05) is 6.42 Å². The van der Waals surface area contributed by atoms with Crippen molar-refractivity contribution in [3.8, 4) is 0 Å². The summed E-state index contributed by atoms with van der Waals surface area (Å²) < 4.78 is 2.03. The zero-order chi connectivity index (χ0) is 10.5. The molecule has 0 aromatic carbocycles. The maximum Gasteiger partial charge on any atom is 0.151 e. The lowest BCUT2D eigenvalue weighted by Gasteiger charge is -2.22.